The molecule has 0 bridgehead atoms. The third-order valence-corrected chi connectivity index (χ3v) is 4.65. The van der Waals surface area contributed by atoms with Crippen LogP contribution in [0.1, 0.15) is 29.5 Å². The number of phenolic OH excluding ortho intramolecular Hbond substituents is 1. The summed E-state index contributed by atoms with van der Waals surface area (Å²) < 4.78 is 0. The molecule has 3 nitrogen and oxygen atoms in total. The zero-order chi connectivity index (χ0) is 15.4. The van der Waals surface area contributed by atoms with Crippen LogP contribution in [-0.4, -0.2) is 17.1 Å². The van der Waals surface area contributed by atoms with Crippen LogP contribution in [0.2, 0.25) is 0 Å². The Morgan fingerprint density at radius 2 is 1.86 bits per heavy atom. The molecule has 1 heterocycles. The van der Waals surface area contributed by atoms with Crippen LogP contribution in [0, 0.1) is 13.8 Å². The van der Waals surface area contributed by atoms with Crippen LogP contribution >= 0.6 is 0 Å². The summed E-state index contributed by atoms with van der Waals surface area (Å²) in [5.74, 6) is 0.393. The van der Waals surface area contributed by atoms with Crippen molar-refractivity contribution in [3.05, 3.63) is 47.0 Å². The highest BCUT2D eigenvalue weighted by Crippen LogP contribution is 2.44. The maximum atomic E-state index is 12.8. The molecule has 0 atom stereocenters. The molecular weight excluding hydrogens is 274 g/mol. The molecule has 2 aromatic carbocycles. The number of aromatic hydroxyl groups is 1. The van der Waals surface area contributed by atoms with E-state index in [9.17, 15) is 9.90 Å². The standard InChI is InChI=1S/C19H19NO2/c1-11-3-6-15-13(7-11)9-19(22)20(14-4-5-14)17-10-18(21)12(2)8-16(15)17/h3,6-8,10,14,21H,4-5,9H2,1-2H3. The highest BCUT2D eigenvalue weighted by atomic mass is 16.3. The number of nitrogens with zero attached hydrogens (tertiary/aromatic N) is 1. The molecule has 1 amide bonds. The van der Waals surface area contributed by atoms with Crippen molar-refractivity contribution >= 4 is 11.6 Å². The number of carbonyl (C=O) groups excluding carboxylic acids is 1. The van der Waals surface area contributed by atoms with Gasteiger partial charge in [-0.3, -0.25) is 4.79 Å². The van der Waals surface area contributed by atoms with Gasteiger partial charge in [0.15, 0.2) is 0 Å². The summed E-state index contributed by atoms with van der Waals surface area (Å²) in [6.07, 6.45) is 2.53. The van der Waals surface area contributed by atoms with E-state index < -0.39 is 0 Å². The zero-order valence-corrected chi connectivity index (χ0v) is 12.9. The molecule has 0 unspecified atom stereocenters. The molecule has 0 spiro atoms. The first-order valence-corrected chi connectivity index (χ1v) is 7.80. The summed E-state index contributed by atoms with van der Waals surface area (Å²) in [5, 5.41) is 10.1. The summed E-state index contributed by atoms with van der Waals surface area (Å²) in [6, 6.07) is 10.4. The monoisotopic (exact) mass is 293 g/mol. The number of hydrogen-bond acceptors (Lipinski definition) is 2. The number of hydrogen-bond donors (Lipinski definition) is 1. The Morgan fingerprint density at radius 3 is 2.59 bits per heavy atom. The Bertz CT molecular complexity index is 790. The van der Waals surface area contributed by atoms with Crippen LogP contribution in [0.25, 0.3) is 11.1 Å². The fraction of sp³-hybridized carbons (Fsp3) is 0.316. The van der Waals surface area contributed by atoms with Crippen LogP contribution in [0.15, 0.2) is 30.3 Å². The second-order valence-corrected chi connectivity index (χ2v) is 6.49. The maximum Gasteiger partial charge on any atom is 0.231 e. The molecule has 22 heavy (non-hydrogen) atoms. The van der Waals surface area contributed by atoms with Crippen LogP contribution in [0.5, 0.6) is 5.75 Å². The van der Waals surface area contributed by atoms with Gasteiger partial charge in [0.2, 0.25) is 5.91 Å². The second-order valence-electron chi connectivity index (χ2n) is 6.49. The third-order valence-electron chi connectivity index (χ3n) is 4.65. The van der Waals surface area contributed by atoms with Crippen molar-refractivity contribution < 1.29 is 9.90 Å². The van der Waals surface area contributed by atoms with Crippen LogP contribution in [0.3, 0.4) is 0 Å². The van der Waals surface area contributed by atoms with Gasteiger partial charge in [-0.15, -0.1) is 0 Å². The topological polar surface area (TPSA) is 40.5 Å². The zero-order valence-electron chi connectivity index (χ0n) is 12.9. The highest BCUT2D eigenvalue weighted by Gasteiger charge is 2.37. The van der Waals surface area contributed by atoms with E-state index in [2.05, 4.69) is 25.1 Å². The molecule has 4 rings (SSSR count). The van der Waals surface area contributed by atoms with Crippen molar-refractivity contribution in [3.8, 4) is 16.9 Å². The second kappa shape index (κ2) is 4.60. The van der Waals surface area contributed by atoms with Gasteiger partial charge in [-0.2, -0.15) is 0 Å². The molecule has 1 fully saturated rings. The van der Waals surface area contributed by atoms with Crippen LogP contribution in [0.4, 0.5) is 5.69 Å². The largest absolute Gasteiger partial charge is 0.508 e. The van der Waals surface area contributed by atoms with Gasteiger partial charge in [0.25, 0.3) is 0 Å². The van der Waals surface area contributed by atoms with Gasteiger partial charge >= 0.3 is 0 Å². The molecule has 2 aromatic rings. The van der Waals surface area contributed by atoms with Gasteiger partial charge < -0.3 is 10.0 Å². The van der Waals surface area contributed by atoms with E-state index >= 15 is 0 Å². The molecule has 1 aliphatic carbocycles. The van der Waals surface area contributed by atoms with E-state index in [-0.39, 0.29) is 11.7 Å². The van der Waals surface area contributed by atoms with Gasteiger partial charge in [0, 0.05) is 17.7 Å². The van der Waals surface area contributed by atoms with Crippen LogP contribution < -0.4 is 4.90 Å². The molecule has 1 N–H and O–H groups in total. The smallest absolute Gasteiger partial charge is 0.231 e. The number of anilines is 1. The Labute approximate surface area is 130 Å². The minimum Gasteiger partial charge on any atom is -0.508 e. The lowest BCUT2D eigenvalue weighted by Crippen LogP contribution is -2.33. The summed E-state index contributed by atoms with van der Waals surface area (Å²) in [4.78, 5) is 14.7. The van der Waals surface area contributed by atoms with E-state index in [1.165, 1.54) is 5.56 Å². The molecule has 1 saturated carbocycles. The number of amides is 1. The molecule has 1 aliphatic heterocycles. The van der Waals surface area contributed by atoms with Crippen molar-refractivity contribution in [1.82, 2.24) is 0 Å². The van der Waals surface area contributed by atoms with Crippen molar-refractivity contribution in [2.24, 2.45) is 0 Å². The first-order valence-electron chi connectivity index (χ1n) is 7.80. The first kappa shape index (κ1) is 13.4. The average molecular weight is 293 g/mol. The van der Waals surface area contributed by atoms with E-state index in [1.807, 2.05) is 17.9 Å². The Hall–Kier alpha value is -2.29. The molecule has 2 aliphatic rings. The summed E-state index contributed by atoms with van der Waals surface area (Å²) in [6.45, 7) is 3.95. The van der Waals surface area contributed by atoms with Gasteiger partial charge in [-0.25, -0.2) is 0 Å². The van der Waals surface area contributed by atoms with Gasteiger partial charge in [0.05, 0.1) is 12.1 Å². The predicted molar refractivity (Wildman–Crippen MR) is 87.2 cm³/mol. The quantitative estimate of drug-likeness (QED) is 0.870. The number of fused-ring (bicyclic) bond motifs is 3. The lowest BCUT2D eigenvalue weighted by atomic mass is 9.95. The summed E-state index contributed by atoms with van der Waals surface area (Å²) in [7, 11) is 0. The predicted octanol–water partition coefficient (Wildman–Crippen LogP) is 3.73. The number of benzene rings is 2. The van der Waals surface area contributed by atoms with Gasteiger partial charge in [-0.1, -0.05) is 23.8 Å². The molecule has 0 radical (unpaired) electrons. The fourth-order valence-corrected chi connectivity index (χ4v) is 3.35. The van der Waals surface area contributed by atoms with Crippen LogP contribution in [-0.2, 0) is 11.2 Å². The number of rotatable bonds is 1. The van der Waals surface area contributed by atoms with E-state index in [1.54, 1.807) is 6.07 Å². The molecular formula is C19H19NO2. The Kier molecular flexibility index (Phi) is 2.80. The average Bonchev–Trinajstić information content (AvgIpc) is 3.27. The first-order chi connectivity index (χ1) is 10.5. The summed E-state index contributed by atoms with van der Waals surface area (Å²) in [5.41, 5.74) is 6.12. The minimum absolute atomic E-state index is 0.136. The minimum atomic E-state index is 0.136. The van der Waals surface area contributed by atoms with Crippen molar-refractivity contribution in [1.29, 1.82) is 0 Å². The number of aryl methyl sites for hydroxylation is 2. The highest BCUT2D eigenvalue weighted by molar-refractivity contribution is 6.03. The molecule has 3 heteroatoms. The fourth-order valence-electron chi connectivity index (χ4n) is 3.35. The Balaban J connectivity index is 2.01. The lowest BCUT2D eigenvalue weighted by Gasteiger charge is -2.23. The normalized spacial score (nSPS) is 17.0. The van der Waals surface area contributed by atoms with E-state index in [4.69, 9.17) is 0 Å². The maximum absolute atomic E-state index is 12.8. The van der Waals surface area contributed by atoms with E-state index in [0.717, 1.165) is 40.8 Å². The molecule has 0 saturated heterocycles. The van der Waals surface area contributed by atoms with Crippen molar-refractivity contribution in [3.63, 3.8) is 0 Å². The SMILES string of the molecule is Cc1ccc2c(c1)CC(=O)N(C1CC1)c1cc(O)c(C)cc1-2. The number of phenols is 1. The third kappa shape index (κ3) is 2.00. The molecule has 112 valence electrons. The van der Waals surface area contributed by atoms with E-state index in [0.29, 0.717) is 12.5 Å². The molecule has 0 aromatic heterocycles. The lowest BCUT2D eigenvalue weighted by molar-refractivity contribution is -0.118. The van der Waals surface area contributed by atoms with Crippen molar-refractivity contribution in [2.75, 3.05) is 4.90 Å². The van der Waals surface area contributed by atoms with Gasteiger partial charge in [-0.05, 0) is 49.4 Å². The van der Waals surface area contributed by atoms with Crippen molar-refractivity contribution in [2.45, 2.75) is 39.2 Å². The van der Waals surface area contributed by atoms with Gasteiger partial charge in [0.1, 0.15) is 5.75 Å². The Morgan fingerprint density at radius 1 is 1.09 bits per heavy atom. The number of carbonyl (C=O) groups is 1. The summed E-state index contributed by atoms with van der Waals surface area (Å²) >= 11 is 0.